The SMILES string of the molecule is CCNc1ncnc(-c2ccc[nH]2)c1C(C)C. The highest BCUT2D eigenvalue weighted by atomic mass is 15.0. The van der Waals surface area contributed by atoms with Gasteiger partial charge in [-0.2, -0.15) is 0 Å². The van der Waals surface area contributed by atoms with Gasteiger partial charge in [0.15, 0.2) is 0 Å². The van der Waals surface area contributed by atoms with Crippen molar-refractivity contribution in [3.8, 4) is 11.4 Å². The molecule has 0 aliphatic heterocycles. The van der Waals surface area contributed by atoms with Crippen molar-refractivity contribution in [1.29, 1.82) is 0 Å². The molecule has 0 saturated carbocycles. The standard InChI is InChI=1S/C13H18N4/c1-4-14-13-11(9(2)3)12(16-8-17-13)10-6-5-7-15-10/h5-9,15H,4H2,1-3H3,(H,14,16,17). The quantitative estimate of drug-likeness (QED) is 0.848. The molecule has 0 spiro atoms. The number of hydrogen-bond donors (Lipinski definition) is 2. The van der Waals surface area contributed by atoms with Crippen LogP contribution in [0.15, 0.2) is 24.7 Å². The first kappa shape index (κ1) is 11.6. The number of H-pyrrole nitrogens is 1. The highest BCUT2D eigenvalue weighted by Gasteiger charge is 2.16. The summed E-state index contributed by atoms with van der Waals surface area (Å²) in [5, 5.41) is 3.29. The fraction of sp³-hybridized carbons (Fsp3) is 0.385. The third-order valence-electron chi connectivity index (χ3n) is 2.66. The normalized spacial score (nSPS) is 10.8. The predicted octanol–water partition coefficient (Wildman–Crippen LogP) is 3.03. The van der Waals surface area contributed by atoms with Crippen molar-refractivity contribution in [2.45, 2.75) is 26.7 Å². The summed E-state index contributed by atoms with van der Waals surface area (Å²) < 4.78 is 0. The monoisotopic (exact) mass is 230 g/mol. The molecule has 0 amide bonds. The van der Waals surface area contributed by atoms with E-state index in [4.69, 9.17) is 0 Å². The fourth-order valence-corrected chi connectivity index (χ4v) is 1.94. The van der Waals surface area contributed by atoms with Gasteiger partial charge in [-0.05, 0) is 25.0 Å². The second-order valence-electron chi connectivity index (χ2n) is 4.25. The van der Waals surface area contributed by atoms with E-state index in [2.05, 4.69) is 41.0 Å². The van der Waals surface area contributed by atoms with Gasteiger partial charge in [0.25, 0.3) is 0 Å². The average Bonchev–Trinajstić information content (AvgIpc) is 2.82. The molecule has 90 valence electrons. The Labute approximate surface area is 102 Å². The highest BCUT2D eigenvalue weighted by molar-refractivity contribution is 5.66. The lowest BCUT2D eigenvalue weighted by molar-refractivity contribution is 0.848. The first-order valence-electron chi connectivity index (χ1n) is 5.96. The Balaban J connectivity index is 2.55. The molecule has 0 aromatic carbocycles. The van der Waals surface area contributed by atoms with E-state index < -0.39 is 0 Å². The van der Waals surface area contributed by atoms with Crippen molar-refractivity contribution in [2.24, 2.45) is 0 Å². The van der Waals surface area contributed by atoms with Crippen LogP contribution in [-0.4, -0.2) is 21.5 Å². The van der Waals surface area contributed by atoms with Gasteiger partial charge < -0.3 is 10.3 Å². The van der Waals surface area contributed by atoms with Gasteiger partial charge >= 0.3 is 0 Å². The minimum Gasteiger partial charge on any atom is -0.370 e. The van der Waals surface area contributed by atoms with E-state index >= 15 is 0 Å². The van der Waals surface area contributed by atoms with Crippen molar-refractivity contribution in [1.82, 2.24) is 15.0 Å². The molecule has 2 aromatic heterocycles. The zero-order chi connectivity index (χ0) is 12.3. The second kappa shape index (κ2) is 4.99. The molecule has 2 heterocycles. The van der Waals surface area contributed by atoms with Crippen LogP contribution in [0.3, 0.4) is 0 Å². The lowest BCUT2D eigenvalue weighted by Gasteiger charge is -2.15. The molecule has 2 N–H and O–H groups in total. The van der Waals surface area contributed by atoms with Crippen molar-refractivity contribution in [3.05, 3.63) is 30.2 Å². The van der Waals surface area contributed by atoms with Crippen LogP contribution < -0.4 is 5.32 Å². The number of nitrogens with zero attached hydrogens (tertiary/aromatic N) is 2. The summed E-state index contributed by atoms with van der Waals surface area (Å²) in [6, 6.07) is 4.01. The van der Waals surface area contributed by atoms with Crippen molar-refractivity contribution in [2.75, 3.05) is 11.9 Å². The first-order valence-corrected chi connectivity index (χ1v) is 5.96. The molecule has 0 unspecified atom stereocenters. The van der Waals surface area contributed by atoms with E-state index in [1.807, 2.05) is 18.3 Å². The summed E-state index contributed by atoms with van der Waals surface area (Å²) in [4.78, 5) is 11.9. The summed E-state index contributed by atoms with van der Waals surface area (Å²) in [5.41, 5.74) is 3.18. The van der Waals surface area contributed by atoms with Crippen LogP contribution in [0.2, 0.25) is 0 Å². The van der Waals surface area contributed by atoms with Crippen LogP contribution in [0.5, 0.6) is 0 Å². The highest BCUT2D eigenvalue weighted by Crippen LogP contribution is 2.30. The van der Waals surface area contributed by atoms with Crippen LogP contribution >= 0.6 is 0 Å². The molecule has 2 rings (SSSR count). The average molecular weight is 230 g/mol. The van der Waals surface area contributed by atoms with Gasteiger partial charge in [-0.3, -0.25) is 0 Å². The van der Waals surface area contributed by atoms with Crippen LogP contribution in [-0.2, 0) is 0 Å². The Bertz CT molecular complexity index is 474. The van der Waals surface area contributed by atoms with Crippen LogP contribution in [0, 0.1) is 0 Å². The molecule has 4 heteroatoms. The number of nitrogens with one attached hydrogen (secondary N) is 2. The molecule has 4 nitrogen and oxygen atoms in total. The van der Waals surface area contributed by atoms with E-state index in [9.17, 15) is 0 Å². The maximum Gasteiger partial charge on any atom is 0.133 e. The van der Waals surface area contributed by atoms with Crippen LogP contribution in [0.1, 0.15) is 32.3 Å². The van der Waals surface area contributed by atoms with Crippen LogP contribution in [0.4, 0.5) is 5.82 Å². The van der Waals surface area contributed by atoms with Gasteiger partial charge in [-0.1, -0.05) is 13.8 Å². The summed E-state index contributed by atoms with van der Waals surface area (Å²) in [6.45, 7) is 7.25. The Hall–Kier alpha value is -1.84. The Kier molecular flexibility index (Phi) is 3.42. The number of rotatable bonds is 4. The van der Waals surface area contributed by atoms with Crippen LogP contribution in [0.25, 0.3) is 11.4 Å². The molecular weight excluding hydrogens is 212 g/mol. The van der Waals surface area contributed by atoms with Gasteiger partial charge in [0.2, 0.25) is 0 Å². The van der Waals surface area contributed by atoms with E-state index in [1.54, 1.807) is 6.33 Å². The van der Waals surface area contributed by atoms with Gasteiger partial charge in [0, 0.05) is 18.3 Å². The molecular formula is C13H18N4. The van der Waals surface area contributed by atoms with Gasteiger partial charge in [0.1, 0.15) is 12.1 Å². The van der Waals surface area contributed by atoms with E-state index in [0.717, 1.165) is 29.3 Å². The third-order valence-corrected chi connectivity index (χ3v) is 2.66. The largest absolute Gasteiger partial charge is 0.370 e. The summed E-state index contributed by atoms with van der Waals surface area (Å²) in [5.74, 6) is 1.31. The zero-order valence-corrected chi connectivity index (χ0v) is 10.5. The minimum absolute atomic E-state index is 0.378. The third kappa shape index (κ3) is 2.30. The molecule has 0 fully saturated rings. The maximum absolute atomic E-state index is 4.40. The summed E-state index contributed by atoms with van der Waals surface area (Å²) in [7, 11) is 0. The summed E-state index contributed by atoms with van der Waals surface area (Å²) in [6.07, 6.45) is 3.52. The molecule has 0 radical (unpaired) electrons. The van der Waals surface area contributed by atoms with Crippen molar-refractivity contribution >= 4 is 5.82 Å². The maximum atomic E-state index is 4.40. The van der Waals surface area contributed by atoms with E-state index in [-0.39, 0.29) is 0 Å². The fourth-order valence-electron chi connectivity index (χ4n) is 1.94. The number of anilines is 1. The Morgan fingerprint density at radius 2 is 2.18 bits per heavy atom. The topological polar surface area (TPSA) is 53.6 Å². The predicted molar refractivity (Wildman–Crippen MR) is 70.1 cm³/mol. The summed E-state index contributed by atoms with van der Waals surface area (Å²) >= 11 is 0. The lowest BCUT2D eigenvalue weighted by Crippen LogP contribution is -2.07. The van der Waals surface area contributed by atoms with Gasteiger partial charge in [-0.15, -0.1) is 0 Å². The molecule has 0 atom stereocenters. The van der Waals surface area contributed by atoms with Gasteiger partial charge in [-0.25, -0.2) is 9.97 Å². The smallest absolute Gasteiger partial charge is 0.133 e. The Morgan fingerprint density at radius 3 is 2.76 bits per heavy atom. The number of hydrogen-bond acceptors (Lipinski definition) is 3. The lowest BCUT2D eigenvalue weighted by atomic mass is 10.00. The van der Waals surface area contributed by atoms with Crippen molar-refractivity contribution in [3.63, 3.8) is 0 Å². The van der Waals surface area contributed by atoms with Gasteiger partial charge in [0.05, 0.1) is 11.4 Å². The first-order chi connectivity index (χ1) is 8.24. The molecule has 0 aliphatic rings. The van der Waals surface area contributed by atoms with Crippen molar-refractivity contribution < 1.29 is 0 Å². The second-order valence-corrected chi connectivity index (χ2v) is 4.25. The Morgan fingerprint density at radius 1 is 1.35 bits per heavy atom. The molecule has 0 bridgehead atoms. The molecule has 17 heavy (non-hydrogen) atoms. The molecule has 0 saturated heterocycles. The molecule has 0 aliphatic carbocycles. The molecule has 2 aromatic rings. The number of aromatic nitrogens is 3. The van der Waals surface area contributed by atoms with E-state index in [1.165, 1.54) is 0 Å². The zero-order valence-electron chi connectivity index (χ0n) is 10.5. The van der Waals surface area contributed by atoms with E-state index in [0.29, 0.717) is 5.92 Å². The number of aromatic amines is 1. The minimum atomic E-state index is 0.378.